The molecule has 5 aliphatic rings. The fraction of sp³-hybridized carbons (Fsp3) is 0.933. The number of Topliss-reactive ketones (excluding diaryl/α,β-unsaturated/α-hetero) is 1. The molecule has 2 N–H and O–H groups in total. The molecular formula is C30H48O4. The number of carbonyl (C=O) groups is 2. The van der Waals surface area contributed by atoms with E-state index in [0.717, 1.165) is 57.8 Å². The molecule has 0 saturated heterocycles. The van der Waals surface area contributed by atoms with Gasteiger partial charge in [-0.05, 0) is 109 Å². The van der Waals surface area contributed by atoms with Gasteiger partial charge in [0.2, 0.25) is 0 Å². The molecule has 5 saturated carbocycles. The molecule has 10 atom stereocenters. The van der Waals surface area contributed by atoms with Crippen LogP contribution < -0.4 is 0 Å². The topological polar surface area (TPSA) is 74.6 Å². The lowest BCUT2D eigenvalue weighted by molar-refractivity contribution is -0.262. The summed E-state index contributed by atoms with van der Waals surface area (Å²) in [6.45, 7) is 16.6. The summed E-state index contributed by atoms with van der Waals surface area (Å²) in [7, 11) is 0. The molecule has 192 valence electrons. The molecule has 5 aliphatic carbocycles. The summed E-state index contributed by atoms with van der Waals surface area (Å²) in [4.78, 5) is 25.8. The largest absolute Gasteiger partial charge is 0.481 e. The first-order chi connectivity index (χ1) is 15.6. The highest BCUT2D eigenvalue weighted by atomic mass is 16.4. The van der Waals surface area contributed by atoms with Gasteiger partial charge in [-0.25, -0.2) is 0 Å². The number of fused-ring (bicyclic) bond motifs is 7. The van der Waals surface area contributed by atoms with Crippen molar-refractivity contribution in [3.8, 4) is 0 Å². The number of rotatable bonds is 1. The first-order valence-electron chi connectivity index (χ1n) is 14.0. The maximum atomic E-state index is 12.9. The Morgan fingerprint density at radius 1 is 0.794 bits per heavy atom. The van der Waals surface area contributed by atoms with Crippen molar-refractivity contribution in [1.29, 1.82) is 0 Å². The molecule has 0 bridgehead atoms. The number of hydrogen-bond acceptors (Lipinski definition) is 3. The molecule has 0 aromatic heterocycles. The van der Waals surface area contributed by atoms with Gasteiger partial charge in [0, 0.05) is 6.42 Å². The van der Waals surface area contributed by atoms with E-state index in [2.05, 4.69) is 48.5 Å². The Morgan fingerprint density at radius 2 is 1.38 bits per heavy atom. The second-order valence-corrected chi connectivity index (χ2v) is 15.3. The maximum absolute atomic E-state index is 12.9. The molecule has 0 heterocycles. The molecule has 0 amide bonds. The van der Waals surface area contributed by atoms with Crippen LogP contribution in [0.1, 0.15) is 113 Å². The second kappa shape index (κ2) is 7.11. The number of carbonyl (C=O) groups excluding carboxylic acids is 1. The van der Waals surface area contributed by atoms with Crippen LogP contribution in [0.5, 0.6) is 0 Å². The minimum atomic E-state index is -0.818. The smallest absolute Gasteiger partial charge is 0.309 e. The molecule has 0 radical (unpaired) electrons. The van der Waals surface area contributed by atoms with Crippen LogP contribution >= 0.6 is 0 Å². The van der Waals surface area contributed by atoms with E-state index in [9.17, 15) is 19.8 Å². The number of aliphatic carboxylic acids is 1. The zero-order valence-corrected chi connectivity index (χ0v) is 22.7. The van der Waals surface area contributed by atoms with Gasteiger partial charge < -0.3 is 10.2 Å². The predicted octanol–water partition coefficient (Wildman–Crippen LogP) is 6.49. The number of carboxylic acids is 1. The molecule has 0 aromatic carbocycles. The summed E-state index contributed by atoms with van der Waals surface area (Å²) < 4.78 is 0. The molecule has 0 unspecified atom stereocenters. The molecule has 4 nitrogen and oxygen atoms in total. The quantitative estimate of drug-likeness (QED) is 0.457. The number of aliphatic hydroxyl groups is 1. The summed E-state index contributed by atoms with van der Waals surface area (Å²) >= 11 is 0. The van der Waals surface area contributed by atoms with Crippen LogP contribution in [0.2, 0.25) is 0 Å². The molecule has 5 rings (SSSR count). The molecule has 0 aromatic rings. The Morgan fingerprint density at radius 3 is 2.03 bits per heavy atom. The van der Waals surface area contributed by atoms with Crippen LogP contribution in [-0.2, 0) is 9.59 Å². The van der Waals surface area contributed by atoms with Crippen LogP contribution in [0.15, 0.2) is 0 Å². The van der Waals surface area contributed by atoms with E-state index in [1.807, 2.05) is 0 Å². The van der Waals surface area contributed by atoms with Crippen LogP contribution in [0.4, 0.5) is 0 Å². The number of aliphatic hydroxyl groups excluding tert-OH is 1. The van der Waals surface area contributed by atoms with E-state index >= 15 is 0 Å². The molecule has 4 heteroatoms. The average Bonchev–Trinajstić information content (AvgIpc) is 2.75. The molecular weight excluding hydrogens is 424 g/mol. The first-order valence-corrected chi connectivity index (χ1v) is 14.0. The molecule has 34 heavy (non-hydrogen) atoms. The van der Waals surface area contributed by atoms with Gasteiger partial charge in [-0.15, -0.1) is 0 Å². The van der Waals surface area contributed by atoms with Gasteiger partial charge in [-0.2, -0.15) is 0 Å². The van der Waals surface area contributed by atoms with Crippen LogP contribution in [0.25, 0.3) is 0 Å². The van der Waals surface area contributed by atoms with Gasteiger partial charge in [0.15, 0.2) is 5.78 Å². The van der Waals surface area contributed by atoms with E-state index in [-0.39, 0.29) is 44.7 Å². The monoisotopic (exact) mass is 472 g/mol. The van der Waals surface area contributed by atoms with E-state index in [1.54, 1.807) is 0 Å². The summed E-state index contributed by atoms with van der Waals surface area (Å²) in [5.41, 5.74) is -0.226. The molecule has 0 spiro atoms. The fourth-order valence-electron chi connectivity index (χ4n) is 11.1. The molecule has 0 aliphatic heterocycles. The Bertz CT molecular complexity index is 909. The second-order valence-electron chi connectivity index (χ2n) is 15.3. The van der Waals surface area contributed by atoms with Gasteiger partial charge in [-0.3, -0.25) is 9.59 Å². The third kappa shape index (κ3) is 2.81. The number of hydrogen-bond donors (Lipinski definition) is 2. The standard InChI is InChI=1S/C30H48O4/c1-18-23(32)19(31)16-21-26(18,4)9-8-20-27(21,5)11-12-29(7)22-17-25(2,3)10-14-30(22,24(33)34)15-13-28(20,29)6/h18,20-23,32H,8-17H2,1-7H3,(H,33,34)/t18-,20-,21+,22-,23-,26+,27+,28+,29-,30-/m0/s1. The van der Waals surface area contributed by atoms with Gasteiger partial charge in [0.05, 0.1) is 5.41 Å². The highest BCUT2D eigenvalue weighted by Crippen LogP contribution is 2.78. The van der Waals surface area contributed by atoms with Crippen LogP contribution in [0.3, 0.4) is 0 Å². The van der Waals surface area contributed by atoms with E-state index in [0.29, 0.717) is 18.3 Å². The van der Waals surface area contributed by atoms with Crippen LogP contribution in [-0.4, -0.2) is 28.1 Å². The Kier molecular flexibility index (Phi) is 5.18. The zero-order chi connectivity index (χ0) is 25.1. The van der Waals surface area contributed by atoms with Crippen molar-refractivity contribution in [3.63, 3.8) is 0 Å². The van der Waals surface area contributed by atoms with Crippen molar-refractivity contribution in [3.05, 3.63) is 0 Å². The van der Waals surface area contributed by atoms with E-state index < -0.39 is 17.5 Å². The lowest BCUT2D eigenvalue weighted by atomic mass is 9.30. The Labute approximate surface area is 206 Å². The zero-order valence-electron chi connectivity index (χ0n) is 22.7. The maximum Gasteiger partial charge on any atom is 0.309 e. The minimum absolute atomic E-state index is 0.00259. The highest BCUT2D eigenvalue weighted by Gasteiger charge is 2.73. The average molecular weight is 473 g/mol. The van der Waals surface area contributed by atoms with Crippen LogP contribution in [0, 0.1) is 56.2 Å². The van der Waals surface area contributed by atoms with Gasteiger partial charge in [0.1, 0.15) is 6.10 Å². The Balaban J connectivity index is 1.58. The van der Waals surface area contributed by atoms with Crippen molar-refractivity contribution in [2.75, 3.05) is 0 Å². The fourth-order valence-corrected chi connectivity index (χ4v) is 11.1. The van der Waals surface area contributed by atoms with Gasteiger partial charge in [-0.1, -0.05) is 48.5 Å². The third-order valence-electron chi connectivity index (χ3n) is 13.8. The lowest BCUT2D eigenvalue weighted by Crippen LogP contribution is -2.69. The first kappa shape index (κ1) is 24.8. The van der Waals surface area contributed by atoms with Crippen molar-refractivity contribution in [2.24, 2.45) is 56.2 Å². The number of ketones is 1. The Hall–Kier alpha value is -0.900. The summed E-state index contributed by atoms with van der Waals surface area (Å²) in [5, 5.41) is 21.2. The summed E-state index contributed by atoms with van der Waals surface area (Å²) in [6, 6.07) is 0. The van der Waals surface area contributed by atoms with Crippen molar-refractivity contribution in [2.45, 2.75) is 119 Å². The molecule has 5 fully saturated rings. The third-order valence-corrected chi connectivity index (χ3v) is 13.8. The SMILES string of the molecule is C[C@H]1[C@H](O)C(=O)C[C@@H]2[C@]1(C)CC[C@H]1[C@@]2(C)CC[C@@]2(C)[C@@H]3CC(C)(C)CC[C@]3(C(=O)O)CC[C@]12C. The van der Waals surface area contributed by atoms with Gasteiger partial charge >= 0.3 is 5.97 Å². The lowest BCUT2D eigenvalue weighted by Gasteiger charge is -2.74. The van der Waals surface area contributed by atoms with Crippen molar-refractivity contribution in [1.82, 2.24) is 0 Å². The number of carboxylic acid groups (broad SMARTS) is 1. The van der Waals surface area contributed by atoms with E-state index in [1.165, 1.54) is 0 Å². The minimum Gasteiger partial charge on any atom is -0.481 e. The van der Waals surface area contributed by atoms with Crippen molar-refractivity contribution >= 4 is 11.8 Å². The predicted molar refractivity (Wildman–Crippen MR) is 133 cm³/mol. The summed E-state index contributed by atoms with van der Waals surface area (Å²) in [5.74, 6) is 0.512. The highest BCUT2D eigenvalue weighted by molar-refractivity contribution is 5.84. The normalized spacial score (nSPS) is 56.5. The van der Waals surface area contributed by atoms with Gasteiger partial charge in [0.25, 0.3) is 0 Å². The van der Waals surface area contributed by atoms with Crippen molar-refractivity contribution < 1.29 is 19.8 Å². The van der Waals surface area contributed by atoms with E-state index in [4.69, 9.17) is 0 Å². The summed E-state index contributed by atoms with van der Waals surface area (Å²) in [6.07, 6.45) is 8.66.